The van der Waals surface area contributed by atoms with Gasteiger partial charge < -0.3 is 15.4 Å². The smallest absolute Gasteiger partial charge is 0.143 e. The van der Waals surface area contributed by atoms with Gasteiger partial charge >= 0.3 is 0 Å². The van der Waals surface area contributed by atoms with Gasteiger partial charge in [0.25, 0.3) is 0 Å². The van der Waals surface area contributed by atoms with Gasteiger partial charge in [0.2, 0.25) is 0 Å². The van der Waals surface area contributed by atoms with Crippen molar-refractivity contribution in [2.24, 2.45) is 5.92 Å². The molecule has 6 heteroatoms. The van der Waals surface area contributed by atoms with Crippen LogP contribution in [0.1, 0.15) is 49.8 Å². The Kier molecular flexibility index (Phi) is 5.32. The van der Waals surface area contributed by atoms with Crippen molar-refractivity contribution in [2.75, 3.05) is 5.73 Å². The lowest BCUT2D eigenvalue weighted by Gasteiger charge is -2.16. The van der Waals surface area contributed by atoms with Crippen LogP contribution in [-0.2, 0) is 12.8 Å². The van der Waals surface area contributed by atoms with Crippen LogP contribution >= 0.6 is 0 Å². The lowest BCUT2D eigenvalue weighted by atomic mass is 9.92. The molecule has 5 rings (SSSR count). The van der Waals surface area contributed by atoms with Crippen LogP contribution < -0.4 is 5.73 Å². The first-order valence-corrected chi connectivity index (χ1v) is 11.2. The minimum Gasteiger partial charge on any atom is -0.393 e. The number of hydrogen-bond acceptors (Lipinski definition) is 5. The second-order valence-electron chi connectivity index (χ2n) is 9.00. The molecular weight excluding hydrogens is 386 g/mol. The van der Waals surface area contributed by atoms with Crippen molar-refractivity contribution in [3.05, 3.63) is 60.2 Å². The van der Waals surface area contributed by atoms with Crippen molar-refractivity contribution in [1.82, 2.24) is 19.5 Å². The van der Waals surface area contributed by atoms with E-state index in [0.717, 1.165) is 34.8 Å². The third-order valence-corrected chi connectivity index (χ3v) is 6.65. The summed E-state index contributed by atoms with van der Waals surface area (Å²) in [4.78, 5) is 13.1. The maximum atomic E-state index is 10.0. The first-order chi connectivity index (χ1) is 15.1. The molecule has 0 radical (unpaired) electrons. The number of nitrogens with zero attached hydrogens (tertiary/aromatic N) is 4. The number of aryl methyl sites for hydroxylation is 1. The van der Waals surface area contributed by atoms with Crippen LogP contribution in [0, 0.1) is 5.92 Å². The molecule has 0 amide bonds. The third-order valence-electron chi connectivity index (χ3n) is 6.65. The summed E-state index contributed by atoms with van der Waals surface area (Å²) in [6, 6.07) is 10.8. The fraction of sp³-hybridized carbons (Fsp3) is 0.400. The van der Waals surface area contributed by atoms with Crippen LogP contribution in [0.5, 0.6) is 0 Å². The second-order valence-corrected chi connectivity index (χ2v) is 9.00. The predicted octanol–water partition coefficient (Wildman–Crippen LogP) is 4.46. The largest absolute Gasteiger partial charge is 0.393 e. The topological polar surface area (TPSA) is 89.8 Å². The first kappa shape index (κ1) is 19.9. The molecule has 0 bridgehead atoms. The van der Waals surface area contributed by atoms with Gasteiger partial charge in [-0.05, 0) is 92.8 Å². The fourth-order valence-electron chi connectivity index (χ4n) is 5.13. The van der Waals surface area contributed by atoms with Crippen molar-refractivity contribution >= 4 is 27.8 Å². The molecule has 1 saturated carbocycles. The van der Waals surface area contributed by atoms with E-state index in [4.69, 9.17) is 5.73 Å². The second kappa shape index (κ2) is 8.27. The standard InChI is InChI=1S/C25H29N5O/c1-16(31)10-21-12-19-5-7-24(26)29-23(19)13-18(21)4-2-17-3-6-22(11-17)30-9-8-20-14-27-15-28-25(20)30/h5,7-9,12-17,22,31H,2-4,6,10-11H2,1H3,(H2,26,29). The SMILES string of the molecule is CC(O)Cc1cc2ccc(N)nc2cc1CCC1CCC(n2ccc3cncnc32)C1. The molecule has 3 N–H and O–H groups in total. The van der Waals surface area contributed by atoms with E-state index in [1.165, 1.54) is 30.4 Å². The minimum atomic E-state index is -0.363. The summed E-state index contributed by atoms with van der Waals surface area (Å²) in [5, 5.41) is 12.2. The molecule has 1 fully saturated rings. The molecule has 1 aromatic carbocycles. The summed E-state index contributed by atoms with van der Waals surface area (Å²) in [5.41, 5.74) is 10.4. The van der Waals surface area contributed by atoms with Crippen LogP contribution in [0.2, 0.25) is 0 Å². The molecule has 0 aliphatic heterocycles. The van der Waals surface area contributed by atoms with Gasteiger partial charge in [-0.25, -0.2) is 15.0 Å². The number of aliphatic hydroxyl groups is 1. The van der Waals surface area contributed by atoms with Crippen LogP contribution in [0.4, 0.5) is 5.82 Å². The van der Waals surface area contributed by atoms with E-state index in [0.29, 0.717) is 24.2 Å². The van der Waals surface area contributed by atoms with E-state index in [1.54, 1.807) is 6.33 Å². The van der Waals surface area contributed by atoms with Crippen molar-refractivity contribution in [2.45, 2.75) is 57.6 Å². The molecule has 3 aromatic heterocycles. The Morgan fingerprint density at radius 2 is 2.06 bits per heavy atom. The molecule has 0 spiro atoms. The average Bonchev–Trinajstić information content (AvgIpc) is 3.38. The van der Waals surface area contributed by atoms with E-state index in [1.807, 2.05) is 25.3 Å². The highest BCUT2D eigenvalue weighted by atomic mass is 16.3. The number of hydrogen-bond donors (Lipinski definition) is 2. The number of rotatable bonds is 6. The summed E-state index contributed by atoms with van der Waals surface area (Å²) < 4.78 is 2.33. The normalized spacial score (nSPS) is 19.9. The highest BCUT2D eigenvalue weighted by Gasteiger charge is 2.27. The zero-order valence-corrected chi connectivity index (χ0v) is 17.9. The van der Waals surface area contributed by atoms with Gasteiger partial charge in [-0.1, -0.05) is 0 Å². The molecule has 3 atom stereocenters. The Labute approximate surface area is 182 Å². The molecule has 4 aromatic rings. The number of fused-ring (bicyclic) bond motifs is 2. The summed E-state index contributed by atoms with van der Waals surface area (Å²) >= 11 is 0. The molecule has 160 valence electrons. The Bertz CT molecular complexity index is 1220. The van der Waals surface area contributed by atoms with Crippen molar-refractivity contribution in [3.8, 4) is 0 Å². The Morgan fingerprint density at radius 3 is 2.94 bits per heavy atom. The lowest BCUT2D eigenvalue weighted by molar-refractivity contribution is 0.195. The van der Waals surface area contributed by atoms with Gasteiger partial charge in [0.1, 0.15) is 17.8 Å². The quantitative estimate of drug-likeness (QED) is 0.485. The Balaban J connectivity index is 1.32. The van der Waals surface area contributed by atoms with Crippen LogP contribution in [0.25, 0.3) is 21.9 Å². The summed E-state index contributed by atoms with van der Waals surface area (Å²) in [6.07, 6.45) is 11.7. The Hall–Kier alpha value is -2.99. The van der Waals surface area contributed by atoms with Crippen molar-refractivity contribution in [1.29, 1.82) is 0 Å². The number of benzene rings is 1. The highest BCUT2D eigenvalue weighted by Crippen LogP contribution is 2.39. The van der Waals surface area contributed by atoms with Gasteiger partial charge in [0, 0.05) is 29.2 Å². The maximum absolute atomic E-state index is 10.0. The number of nitrogens with two attached hydrogens (primary N) is 1. The monoisotopic (exact) mass is 415 g/mol. The zero-order chi connectivity index (χ0) is 21.4. The number of anilines is 1. The number of pyridine rings is 1. The van der Waals surface area contributed by atoms with Crippen LogP contribution in [-0.4, -0.2) is 30.7 Å². The fourth-order valence-corrected chi connectivity index (χ4v) is 5.13. The molecule has 31 heavy (non-hydrogen) atoms. The van der Waals surface area contributed by atoms with Crippen molar-refractivity contribution in [3.63, 3.8) is 0 Å². The number of nitrogen functional groups attached to an aromatic ring is 1. The average molecular weight is 416 g/mol. The van der Waals surface area contributed by atoms with Gasteiger partial charge in [-0.3, -0.25) is 0 Å². The van der Waals surface area contributed by atoms with Crippen molar-refractivity contribution < 1.29 is 5.11 Å². The minimum absolute atomic E-state index is 0.363. The Morgan fingerprint density at radius 1 is 1.16 bits per heavy atom. The third kappa shape index (κ3) is 4.12. The summed E-state index contributed by atoms with van der Waals surface area (Å²) in [7, 11) is 0. The molecular formula is C25H29N5O. The molecule has 3 heterocycles. The molecule has 0 saturated heterocycles. The molecule has 1 aliphatic rings. The summed E-state index contributed by atoms with van der Waals surface area (Å²) in [6.45, 7) is 1.85. The zero-order valence-electron chi connectivity index (χ0n) is 17.9. The highest BCUT2D eigenvalue weighted by molar-refractivity contribution is 5.82. The number of aliphatic hydroxyl groups excluding tert-OH is 1. The van der Waals surface area contributed by atoms with E-state index in [2.05, 4.69) is 43.9 Å². The van der Waals surface area contributed by atoms with Gasteiger partial charge in [-0.15, -0.1) is 0 Å². The van der Waals surface area contributed by atoms with E-state index < -0.39 is 0 Å². The van der Waals surface area contributed by atoms with Crippen LogP contribution in [0.15, 0.2) is 49.1 Å². The molecule has 3 unspecified atom stereocenters. The maximum Gasteiger partial charge on any atom is 0.143 e. The molecule has 1 aliphatic carbocycles. The summed E-state index contributed by atoms with van der Waals surface area (Å²) in [5.74, 6) is 1.23. The van der Waals surface area contributed by atoms with Crippen LogP contribution in [0.3, 0.4) is 0 Å². The predicted molar refractivity (Wildman–Crippen MR) is 124 cm³/mol. The van der Waals surface area contributed by atoms with Gasteiger partial charge in [-0.2, -0.15) is 0 Å². The van der Waals surface area contributed by atoms with E-state index in [9.17, 15) is 5.11 Å². The van der Waals surface area contributed by atoms with Gasteiger partial charge in [0.15, 0.2) is 0 Å². The molecule has 6 nitrogen and oxygen atoms in total. The van der Waals surface area contributed by atoms with E-state index in [-0.39, 0.29) is 6.10 Å². The number of aromatic nitrogens is 4. The van der Waals surface area contributed by atoms with Gasteiger partial charge in [0.05, 0.1) is 11.6 Å². The van der Waals surface area contributed by atoms with E-state index >= 15 is 0 Å². The first-order valence-electron chi connectivity index (χ1n) is 11.2. The lowest BCUT2D eigenvalue weighted by Crippen LogP contribution is -2.09.